The molecule has 0 atom stereocenters. The van der Waals surface area contributed by atoms with Gasteiger partial charge in [0, 0.05) is 11.8 Å². The summed E-state index contributed by atoms with van der Waals surface area (Å²) in [6.45, 7) is 5.61. The number of nitrogens with zero attached hydrogens (tertiary/aromatic N) is 5. The lowest BCUT2D eigenvalue weighted by atomic mass is 10.2. The highest BCUT2D eigenvalue weighted by Crippen LogP contribution is 2.22. The van der Waals surface area contributed by atoms with Gasteiger partial charge < -0.3 is 0 Å². The lowest BCUT2D eigenvalue weighted by molar-refractivity contribution is 0.799. The zero-order chi connectivity index (χ0) is 13.3. The number of hydrogen-bond donors (Lipinski definition) is 0. The Hall–Kier alpha value is -1.93. The molecule has 2 heterocycles. The lowest BCUT2D eigenvalue weighted by Gasteiger charge is -2.04. The highest BCUT2D eigenvalue weighted by atomic mass is 35.5. The number of aryl methyl sites for hydroxylation is 3. The predicted molar refractivity (Wildman–Crippen MR) is 67.7 cm³/mol. The van der Waals surface area contributed by atoms with E-state index in [0.29, 0.717) is 34.5 Å². The maximum atomic E-state index is 9.08. The van der Waals surface area contributed by atoms with Gasteiger partial charge in [-0.3, -0.25) is 0 Å². The third-order valence-electron chi connectivity index (χ3n) is 2.52. The fraction of sp³-hybridized carbons (Fsp3) is 0.333. The van der Waals surface area contributed by atoms with Crippen molar-refractivity contribution >= 4 is 11.6 Å². The van der Waals surface area contributed by atoms with E-state index in [9.17, 15) is 0 Å². The van der Waals surface area contributed by atoms with Crippen LogP contribution < -0.4 is 0 Å². The molecule has 6 heteroatoms. The number of nitriles is 1. The molecule has 2 aromatic heterocycles. The van der Waals surface area contributed by atoms with Gasteiger partial charge in [-0.05, 0) is 20.3 Å². The number of halogens is 1. The molecule has 0 aromatic carbocycles. The SMILES string of the molecule is CCc1nn(-c2cc(C)nc(C)n2)c(Cl)c1C#N. The fourth-order valence-corrected chi connectivity index (χ4v) is 2.03. The molecule has 0 aliphatic carbocycles. The van der Waals surface area contributed by atoms with Crippen molar-refractivity contribution in [2.45, 2.75) is 27.2 Å². The molecule has 0 N–H and O–H groups in total. The highest BCUT2D eigenvalue weighted by molar-refractivity contribution is 6.31. The molecule has 2 rings (SSSR count). The Morgan fingerprint density at radius 1 is 1.39 bits per heavy atom. The van der Waals surface area contributed by atoms with Crippen LogP contribution in [0, 0.1) is 25.2 Å². The van der Waals surface area contributed by atoms with E-state index in [-0.39, 0.29) is 0 Å². The van der Waals surface area contributed by atoms with Gasteiger partial charge in [-0.1, -0.05) is 18.5 Å². The van der Waals surface area contributed by atoms with Crippen molar-refractivity contribution < 1.29 is 0 Å². The van der Waals surface area contributed by atoms with Gasteiger partial charge in [-0.25, -0.2) is 14.6 Å². The van der Waals surface area contributed by atoms with Gasteiger partial charge in [0.15, 0.2) is 11.0 Å². The van der Waals surface area contributed by atoms with Crippen LogP contribution in [0.15, 0.2) is 6.07 Å². The molecule has 0 amide bonds. The van der Waals surface area contributed by atoms with E-state index in [1.165, 1.54) is 4.68 Å². The minimum absolute atomic E-state index is 0.298. The summed E-state index contributed by atoms with van der Waals surface area (Å²) in [5.41, 5.74) is 1.92. The average Bonchev–Trinajstić information content (AvgIpc) is 2.64. The summed E-state index contributed by atoms with van der Waals surface area (Å²) in [7, 11) is 0. The predicted octanol–water partition coefficient (Wildman–Crippen LogP) is 2.37. The summed E-state index contributed by atoms with van der Waals surface area (Å²) in [6.07, 6.45) is 0.651. The summed E-state index contributed by atoms with van der Waals surface area (Å²) < 4.78 is 1.49. The van der Waals surface area contributed by atoms with Gasteiger partial charge in [-0.2, -0.15) is 10.4 Å². The van der Waals surface area contributed by atoms with E-state index < -0.39 is 0 Å². The average molecular weight is 262 g/mol. The standard InChI is InChI=1S/C12H12ClN5/c1-4-10-9(6-14)12(13)18(17-10)11-5-7(2)15-8(3)16-11/h5H,4H2,1-3H3. The molecule has 0 bridgehead atoms. The van der Waals surface area contributed by atoms with Crippen LogP contribution in [0.4, 0.5) is 0 Å². The molecule has 0 unspecified atom stereocenters. The van der Waals surface area contributed by atoms with Gasteiger partial charge in [0.05, 0.1) is 5.69 Å². The minimum atomic E-state index is 0.298. The van der Waals surface area contributed by atoms with E-state index in [4.69, 9.17) is 16.9 Å². The number of rotatable bonds is 2. The van der Waals surface area contributed by atoms with Crippen molar-refractivity contribution in [3.8, 4) is 11.9 Å². The zero-order valence-corrected chi connectivity index (χ0v) is 11.2. The summed E-state index contributed by atoms with van der Waals surface area (Å²) >= 11 is 6.17. The number of hydrogen-bond acceptors (Lipinski definition) is 4. The molecular weight excluding hydrogens is 250 g/mol. The second-order valence-corrected chi connectivity index (χ2v) is 4.26. The van der Waals surface area contributed by atoms with Crippen LogP contribution in [-0.2, 0) is 6.42 Å². The summed E-state index contributed by atoms with van der Waals surface area (Å²) in [5.74, 6) is 1.23. The van der Waals surface area contributed by atoms with Gasteiger partial charge in [0.25, 0.3) is 0 Å². The van der Waals surface area contributed by atoms with Crippen LogP contribution in [0.3, 0.4) is 0 Å². The van der Waals surface area contributed by atoms with E-state index in [0.717, 1.165) is 5.69 Å². The zero-order valence-electron chi connectivity index (χ0n) is 10.4. The summed E-state index contributed by atoms with van der Waals surface area (Å²) in [6, 6.07) is 3.86. The Balaban J connectivity index is 2.65. The lowest BCUT2D eigenvalue weighted by Crippen LogP contribution is -2.04. The van der Waals surface area contributed by atoms with Crippen LogP contribution in [0.2, 0.25) is 5.15 Å². The van der Waals surface area contributed by atoms with E-state index in [1.807, 2.05) is 13.8 Å². The van der Waals surface area contributed by atoms with Crippen molar-refractivity contribution in [1.29, 1.82) is 5.26 Å². The summed E-state index contributed by atoms with van der Waals surface area (Å²) in [4.78, 5) is 8.48. The summed E-state index contributed by atoms with van der Waals surface area (Å²) in [5, 5.41) is 13.7. The Labute approximate surface area is 110 Å². The Bertz CT molecular complexity index is 618. The third kappa shape index (κ3) is 2.07. The first-order valence-electron chi connectivity index (χ1n) is 5.57. The smallest absolute Gasteiger partial charge is 0.159 e. The van der Waals surface area contributed by atoms with Gasteiger partial charge in [-0.15, -0.1) is 0 Å². The second-order valence-electron chi connectivity index (χ2n) is 3.90. The topological polar surface area (TPSA) is 67.4 Å². The van der Waals surface area contributed by atoms with Crippen molar-refractivity contribution in [3.05, 3.63) is 34.0 Å². The molecule has 0 spiro atoms. The molecule has 5 nitrogen and oxygen atoms in total. The minimum Gasteiger partial charge on any atom is -0.238 e. The monoisotopic (exact) mass is 261 g/mol. The normalized spacial score (nSPS) is 10.4. The maximum absolute atomic E-state index is 9.08. The second kappa shape index (κ2) is 4.75. The molecule has 0 aliphatic heterocycles. The quantitative estimate of drug-likeness (QED) is 0.832. The molecular formula is C12H12ClN5. The van der Waals surface area contributed by atoms with Gasteiger partial charge in [0.2, 0.25) is 0 Å². The molecule has 92 valence electrons. The molecule has 0 saturated carbocycles. The first kappa shape index (κ1) is 12.5. The van der Waals surface area contributed by atoms with E-state index >= 15 is 0 Å². The molecule has 2 aromatic rings. The maximum Gasteiger partial charge on any atom is 0.159 e. The Morgan fingerprint density at radius 3 is 2.61 bits per heavy atom. The molecule has 18 heavy (non-hydrogen) atoms. The van der Waals surface area contributed by atoms with Gasteiger partial charge >= 0.3 is 0 Å². The van der Waals surface area contributed by atoms with Crippen molar-refractivity contribution in [2.75, 3.05) is 0 Å². The fourth-order valence-electron chi connectivity index (χ4n) is 1.76. The Kier molecular flexibility index (Phi) is 3.30. The largest absolute Gasteiger partial charge is 0.238 e. The van der Waals surface area contributed by atoms with Crippen LogP contribution >= 0.6 is 11.6 Å². The van der Waals surface area contributed by atoms with Crippen LogP contribution in [0.5, 0.6) is 0 Å². The van der Waals surface area contributed by atoms with Crippen LogP contribution in [0.25, 0.3) is 5.82 Å². The van der Waals surface area contributed by atoms with Crippen molar-refractivity contribution in [2.24, 2.45) is 0 Å². The highest BCUT2D eigenvalue weighted by Gasteiger charge is 2.17. The molecule has 0 fully saturated rings. The first-order valence-corrected chi connectivity index (χ1v) is 5.94. The molecule has 0 radical (unpaired) electrons. The third-order valence-corrected chi connectivity index (χ3v) is 2.87. The van der Waals surface area contributed by atoms with E-state index in [2.05, 4.69) is 21.1 Å². The van der Waals surface area contributed by atoms with Crippen molar-refractivity contribution in [3.63, 3.8) is 0 Å². The molecule has 0 saturated heterocycles. The van der Waals surface area contributed by atoms with Crippen LogP contribution in [0.1, 0.15) is 29.7 Å². The van der Waals surface area contributed by atoms with Crippen LogP contribution in [-0.4, -0.2) is 19.7 Å². The molecule has 0 aliphatic rings. The Morgan fingerprint density at radius 2 is 2.11 bits per heavy atom. The van der Waals surface area contributed by atoms with E-state index in [1.54, 1.807) is 13.0 Å². The first-order chi connectivity index (χ1) is 8.56. The van der Waals surface area contributed by atoms with Gasteiger partial charge in [0.1, 0.15) is 17.5 Å². The number of aromatic nitrogens is 4. The van der Waals surface area contributed by atoms with Crippen molar-refractivity contribution in [1.82, 2.24) is 19.7 Å².